The second-order valence-electron chi connectivity index (χ2n) is 3.63. The van der Waals surface area contributed by atoms with Crippen LogP contribution in [0.2, 0.25) is 0 Å². The third-order valence-electron chi connectivity index (χ3n) is 2.19. The summed E-state index contributed by atoms with van der Waals surface area (Å²) < 4.78 is 4.96. The van der Waals surface area contributed by atoms with Crippen LogP contribution in [0.3, 0.4) is 0 Å². The lowest BCUT2D eigenvalue weighted by atomic mass is 10.2. The Morgan fingerprint density at radius 3 is 2.61 bits per heavy atom. The van der Waals surface area contributed by atoms with E-state index in [1.54, 1.807) is 0 Å². The van der Waals surface area contributed by atoms with Crippen molar-refractivity contribution in [3.63, 3.8) is 0 Å². The first-order chi connectivity index (χ1) is 8.72. The van der Waals surface area contributed by atoms with E-state index in [4.69, 9.17) is 9.94 Å². The van der Waals surface area contributed by atoms with Gasteiger partial charge in [0.05, 0.1) is 0 Å². The zero-order chi connectivity index (χ0) is 13.2. The number of amides is 2. The summed E-state index contributed by atoms with van der Waals surface area (Å²) in [6.07, 6.45) is 0.0609. The number of rotatable bonds is 6. The minimum atomic E-state index is -0.525. The molecule has 98 valence electrons. The number of carbonyl (C=O) groups excluding carboxylic acids is 2. The van der Waals surface area contributed by atoms with Gasteiger partial charge >= 0.3 is 6.09 Å². The molecule has 0 heterocycles. The van der Waals surface area contributed by atoms with Crippen LogP contribution in [0.15, 0.2) is 30.3 Å². The van der Waals surface area contributed by atoms with Gasteiger partial charge in [0.2, 0.25) is 5.91 Å². The maximum Gasteiger partial charge on any atom is 0.407 e. The average molecular weight is 252 g/mol. The zero-order valence-electron chi connectivity index (χ0n) is 9.89. The van der Waals surface area contributed by atoms with Crippen LogP contribution in [0.4, 0.5) is 4.79 Å². The van der Waals surface area contributed by atoms with E-state index in [9.17, 15) is 9.59 Å². The van der Waals surface area contributed by atoms with Crippen LogP contribution >= 0.6 is 0 Å². The van der Waals surface area contributed by atoms with Gasteiger partial charge in [-0.15, -0.1) is 0 Å². The maximum absolute atomic E-state index is 11.2. The van der Waals surface area contributed by atoms with Gasteiger partial charge < -0.3 is 10.1 Å². The van der Waals surface area contributed by atoms with Crippen LogP contribution in [0.25, 0.3) is 0 Å². The molecule has 0 saturated heterocycles. The highest BCUT2D eigenvalue weighted by Crippen LogP contribution is 2.00. The molecule has 0 spiro atoms. The van der Waals surface area contributed by atoms with Gasteiger partial charge in [0.15, 0.2) is 0 Å². The second-order valence-corrected chi connectivity index (χ2v) is 3.63. The molecule has 0 aromatic heterocycles. The first kappa shape index (κ1) is 14.0. The average Bonchev–Trinajstić information content (AvgIpc) is 2.42. The fourth-order valence-corrected chi connectivity index (χ4v) is 1.27. The number of carbonyl (C=O) groups is 2. The summed E-state index contributed by atoms with van der Waals surface area (Å²) in [6, 6.07) is 9.34. The van der Waals surface area contributed by atoms with E-state index in [1.807, 2.05) is 30.3 Å². The molecule has 6 heteroatoms. The minimum absolute atomic E-state index is 0.148. The zero-order valence-corrected chi connectivity index (χ0v) is 9.89. The molecule has 0 fully saturated rings. The lowest BCUT2D eigenvalue weighted by Gasteiger charge is -2.06. The Bertz CT molecular complexity index is 381. The van der Waals surface area contributed by atoms with Crippen molar-refractivity contribution in [2.45, 2.75) is 19.4 Å². The van der Waals surface area contributed by atoms with Gasteiger partial charge in [0.25, 0.3) is 0 Å². The summed E-state index contributed by atoms with van der Waals surface area (Å²) in [4.78, 5) is 21.9. The summed E-state index contributed by atoms with van der Waals surface area (Å²) >= 11 is 0. The Morgan fingerprint density at radius 1 is 1.22 bits per heavy atom. The number of hydrogen-bond acceptors (Lipinski definition) is 4. The van der Waals surface area contributed by atoms with Crippen molar-refractivity contribution in [1.82, 2.24) is 10.8 Å². The maximum atomic E-state index is 11.2. The monoisotopic (exact) mass is 252 g/mol. The summed E-state index contributed by atoms with van der Waals surface area (Å²) in [6.45, 7) is 0.533. The highest BCUT2D eigenvalue weighted by molar-refractivity contribution is 5.74. The smallest absolute Gasteiger partial charge is 0.407 e. The van der Waals surface area contributed by atoms with Gasteiger partial charge in [-0.2, -0.15) is 0 Å². The van der Waals surface area contributed by atoms with Crippen LogP contribution in [0, 0.1) is 0 Å². The molecule has 0 bridgehead atoms. The van der Waals surface area contributed by atoms with Gasteiger partial charge in [-0.25, -0.2) is 10.3 Å². The predicted molar refractivity (Wildman–Crippen MR) is 63.8 cm³/mol. The van der Waals surface area contributed by atoms with E-state index in [0.29, 0.717) is 13.0 Å². The van der Waals surface area contributed by atoms with Crippen LogP contribution in [-0.4, -0.2) is 23.8 Å². The lowest BCUT2D eigenvalue weighted by Crippen LogP contribution is -2.26. The fraction of sp³-hybridized carbons (Fsp3) is 0.333. The summed E-state index contributed by atoms with van der Waals surface area (Å²) in [5.41, 5.74) is 2.43. The van der Waals surface area contributed by atoms with E-state index < -0.39 is 12.0 Å². The molecule has 3 N–H and O–H groups in total. The molecule has 0 aliphatic carbocycles. The topological polar surface area (TPSA) is 87.7 Å². The predicted octanol–water partition coefficient (Wildman–Crippen LogP) is 1.20. The largest absolute Gasteiger partial charge is 0.445 e. The summed E-state index contributed by atoms with van der Waals surface area (Å²) in [5.74, 6) is -0.477. The van der Waals surface area contributed by atoms with E-state index >= 15 is 0 Å². The van der Waals surface area contributed by atoms with Gasteiger partial charge in [-0.3, -0.25) is 10.0 Å². The molecule has 1 aromatic carbocycles. The van der Waals surface area contributed by atoms with Gasteiger partial charge in [0, 0.05) is 13.0 Å². The number of alkyl carbamates (subject to hydrolysis) is 1. The number of hydrogen-bond donors (Lipinski definition) is 3. The molecule has 6 nitrogen and oxygen atoms in total. The van der Waals surface area contributed by atoms with Gasteiger partial charge in [-0.05, 0) is 12.0 Å². The Kier molecular flexibility index (Phi) is 6.27. The van der Waals surface area contributed by atoms with Crippen molar-refractivity contribution in [1.29, 1.82) is 0 Å². The lowest BCUT2D eigenvalue weighted by molar-refractivity contribution is -0.129. The van der Waals surface area contributed by atoms with Gasteiger partial charge in [0.1, 0.15) is 6.61 Å². The summed E-state index contributed by atoms with van der Waals surface area (Å²) in [7, 11) is 0. The van der Waals surface area contributed by atoms with E-state index in [-0.39, 0.29) is 13.0 Å². The number of hydroxylamine groups is 1. The third kappa shape index (κ3) is 5.86. The van der Waals surface area contributed by atoms with Crippen LogP contribution in [0.5, 0.6) is 0 Å². The van der Waals surface area contributed by atoms with E-state index in [1.165, 1.54) is 5.48 Å². The molecule has 1 aromatic rings. The standard InChI is InChI=1S/C12H16N2O4/c15-11(14-17)7-4-8-13-12(16)18-9-10-5-2-1-3-6-10/h1-3,5-6,17H,4,7-9H2,(H,13,16)(H,14,15). The van der Waals surface area contributed by atoms with Crippen molar-refractivity contribution in [2.75, 3.05) is 6.54 Å². The quantitative estimate of drug-likeness (QED) is 0.403. The molecule has 1 rings (SSSR count). The molecule has 0 saturated carbocycles. The van der Waals surface area contributed by atoms with Crippen LogP contribution < -0.4 is 10.8 Å². The van der Waals surface area contributed by atoms with E-state index in [0.717, 1.165) is 5.56 Å². The summed E-state index contributed by atoms with van der Waals surface area (Å²) in [5, 5.41) is 10.8. The Balaban J connectivity index is 2.09. The van der Waals surface area contributed by atoms with Crippen LogP contribution in [-0.2, 0) is 16.1 Å². The van der Waals surface area contributed by atoms with Crippen molar-refractivity contribution in [2.24, 2.45) is 0 Å². The van der Waals surface area contributed by atoms with Crippen LogP contribution in [0.1, 0.15) is 18.4 Å². The molecule has 0 unspecified atom stereocenters. The normalized spacial score (nSPS) is 9.61. The first-order valence-electron chi connectivity index (χ1n) is 5.60. The molecule has 18 heavy (non-hydrogen) atoms. The third-order valence-corrected chi connectivity index (χ3v) is 2.19. The molecule has 2 amide bonds. The number of ether oxygens (including phenoxy) is 1. The number of nitrogens with one attached hydrogen (secondary N) is 2. The van der Waals surface area contributed by atoms with Gasteiger partial charge in [-0.1, -0.05) is 30.3 Å². The Morgan fingerprint density at radius 2 is 1.94 bits per heavy atom. The second kappa shape index (κ2) is 8.08. The highest BCUT2D eigenvalue weighted by Gasteiger charge is 2.03. The van der Waals surface area contributed by atoms with Crippen molar-refractivity contribution < 1.29 is 19.5 Å². The van der Waals surface area contributed by atoms with Crippen molar-refractivity contribution in [3.05, 3.63) is 35.9 Å². The Hall–Kier alpha value is -2.08. The molecular weight excluding hydrogens is 236 g/mol. The Labute approximate surface area is 105 Å². The fourth-order valence-electron chi connectivity index (χ4n) is 1.27. The first-order valence-corrected chi connectivity index (χ1v) is 5.60. The molecule has 0 aliphatic rings. The highest BCUT2D eigenvalue weighted by atomic mass is 16.5. The molecule has 0 aliphatic heterocycles. The van der Waals surface area contributed by atoms with Crippen molar-refractivity contribution in [3.8, 4) is 0 Å². The molecule has 0 radical (unpaired) electrons. The van der Waals surface area contributed by atoms with Crippen molar-refractivity contribution >= 4 is 12.0 Å². The molecule has 0 atom stereocenters. The van der Waals surface area contributed by atoms with E-state index in [2.05, 4.69) is 5.32 Å². The molecular formula is C12H16N2O4. The SMILES string of the molecule is O=C(CCCNC(=O)OCc1ccccc1)NO. The number of benzene rings is 1. The minimum Gasteiger partial charge on any atom is -0.445 e.